The monoisotopic (exact) mass is 432 g/mol. The molecule has 1 aliphatic heterocycles. The Balaban J connectivity index is 1.51. The Hall–Kier alpha value is -2.69. The predicted octanol–water partition coefficient (Wildman–Crippen LogP) is 3.14. The molecule has 1 fully saturated rings. The number of pyridine rings is 1. The summed E-state index contributed by atoms with van der Waals surface area (Å²) >= 11 is 1.25. The Morgan fingerprint density at radius 3 is 2.69 bits per heavy atom. The summed E-state index contributed by atoms with van der Waals surface area (Å²) in [7, 11) is -3.90. The molecule has 10 heteroatoms. The number of carbonyl (C=O) groups is 1. The van der Waals surface area contributed by atoms with Gasteiger partial charge in [0.1, 0.15) is 17.6 Å². The SMILES string of the molecule is O=C(Nc1nc(-c2ccccn2)cs1)[C@@H]1CCCN1S(=O)(=O)c1ccc(F)cc1. The van der Waals surface area contributed by atoms with Gasteiger partial charge in [0.25, 0.3) is 0 Å². The number of thiazole rings is 1. The average molecular weight is 433 g/mol. The molecule has 0 saturated carbocycles. The highest BCUT2D eigenvalue weighted by Crippen LogP contribution is 2.28. The summed E-state index contributed by atoms with van der Waals surface area (Å²) in [5, 5.41) is 4.87. The molecule has 0 unspecified atom stereocenters. The minimum atomic E-state index is -3.90. The number of rotatable bonds is 5. The number of anilines is 1. The van der Waals surface area contributed by atoms with Crippen LogP contribution in [0.5, 0.6) is 0 Å². The van der Waals surface area contributed by atoms with Gasteiger partial charge in [-0.2, -0.15) is 4.31 Å². The Labute approximate surface area is 171 Å². The van der Waals surface area contributed by atoms with E-state index in [0.29, 0.717) is 29.4 Å². The molecule has 2 aromatic heterocycles. The summed E-state index contributed by atoms with van der Waals surface area (Å²) in [5.41, 5.74) is 1.32. The first kappa shape index (κ1) is 19.6. The molecule has 0 spiro atoms. The topological polar surface area (TPSA) is 92.3 Å². The lowest BCUT2D eigenvalue weighted by atomic mass is 10.2. The minimum absolute atomic E-state index is 0.0368. The van der Waals surface area contributed by atoms with Gasteiger partial charge in [-0.15, -0.1) is 11.3 Å². The molecule has 7 nitrogen and oxygen atoms in total. The molecule has 3 heterocycles. The van der Waals surface area contributed by atoms with Crippen LogP contribution in [0.1, 0.15) is 12.8 Å². The first-order chi connectivity index (χ1) is 13.9. The van der Waals surface area contributed by atoms with Crippen molar-refractivity contribution in [3.05, 3.63) is 59.9 Å². The van der Waals surface area contributed by atoms with Crippen molar-refractivity contribution in [3.8, 4) is 11.4 Å². The molecule has 1 N–H and O–H groups in total. The van der Waals surface area contributed by atoms with Crippen LogP contribution in [0.15, 0.2) is 58.9 Å². The molecule has 0 bridgehead atoms. The molecule has 1 atom stereocenters. The van der Waals surface area contributed by atoms with Crippen molar-refractivity contribution in [1.82, 2.24) is 14.3 Å². The summed E-state index contributed by atoms with van der Waals surface area (Å²) in [6.07, 6.45) is 2.63. The standard InChI is InChI=1S/C19H17FN4O3S2/c20-13-6-8-14(9-7-13)29(26,27)24-11-3-5-17(24)18(25)23-19-22-16(12-28-19)15-4-1-2-10-21-15/h1-2,4,6-10,12,17H,3,5,11H2,(H,22,23,25)/t17-/m0/s1. The van der Waals surface area contributed by atoms with Crippen molar-refractivity contribution in [3.63, 3.8) is 0 Å². The van der Waals surface area contributed by atoms with E-state index in [9.17, 15) is 17.6 Å². The first-order valence-corrected chi connectivity index (χ1v) is 11.2. The normalized spacial score (nSPS) is 17.3. The van der Waals surface area contributed by atoms with Gasteiger partial charge in [0.05, 0.1) is 10.6 Å². The molecule has 1 aromatic carbocycles. The van der Waals surface area contributed by atoms with Crippen LogP contribution < -0.4 is 5.32 Å². The van der Waals surface area contributed by atoms with E-state index in [0.717, 1.165) is 12.1 Å². The van der Waals surface area contributed by atoms with Crippen molar-refractivity contribution in [2.24, 2.45) is 0 Å². The zero-order chi connectivity index (χ0) is 20.4. The van der Waals surface area contributed by atoms with Gasteiger partial charge < -0.3 is 5.32 Å². The number of amides is 1. The van der Waals surface area contributed by atoms with E-state index in [1.807, 2.05) is 12.1 Å². The number of nitrogens with zero attached hydrogens (tertiary/aromatic N) is 3. The van der Waals surface area contributed by atoms with Crippen molar-refractivity contribution in [1.29, 1.82) is 0 Å². The van der Waals surface area contributed by atoms with Crippen molar-refractivity contribution in [2.45, 2.75) is 23.8 Å². The van der Waals surface area contributed by atoms with E-state index in [2.05, 4.69) is 15.3 Å². The van der Waals surface area contributed by atoms with Gasteiger partial charge in [0.2, 0.25) is 15.9 Å². The van der Waals surface area contributed by atoms with Gasteiger partial charge in [-0.3, -0.25) is 9.78 Å². The third-order valence-electron chi connectivity index (χ3n) is 4.59. The number of aromatic nitrogens is 2. The lowest BCUT2D eigenvalue weighted by Gasteiger charge is -2.23. The molecule has 1 aliphatic rings. The molecular formula is C19H17FN4O3S2. The van der Waals surface area contributed by atoms with Gasteiger partial charge in [-0.1, -0.05) is 6.07 Å². The second-order valence-electron chi connectivity index (χ2n) is 6.47. The van der Waals surface area contributed by atoms with Gasteiger partial charge in [-0.05, 0) is 49.2 Å². The summed E-state index contributed by atoms with van der Waals surface area (Å²) in [5.74, 6) is -0.956. The molecule has 150 valence electrons. The smallest absolute Gasteiger partial charge is 0.244 e. The Kier molecular flexibility index (Phi) is 5.39. The maximum Gasteiger partial charge on any atom is 0.244 e. The Bertz CT molecular complexity index is 1120. The van der Waals surface area contributed by atoms with Crippen LogP contribution in [0.25, 0.3) is 11.4 Å². The van der Waals surface area contributed by atoms with E-state index in [4.69, 9.17) is 0 Å². The third kappa shape index (κ3) is 4.04. The van der Waals surface area contributed by atoms with Crippen molar-refractivity contribution in [2.75, 3.05) is 11.9 Å². The summed E-state index contributed by atoms with van der Waals surface area (Å²) in [6.45, 7) is 0.231. The molecule has 0 aliphatic carbocycles. The van der Waals surface area contributed by atoms with Gasteiger partial charge in [0, 0.05) is 18.1 Å². The largest absolute Gasteiger partial charge is 0.301 e. The van der Waals surface area contributed by atoms with E-state index >= 15 is 0 Å². The van der Waals surface area contributed by atoms with Gasteiger partial charge in [0.15, 0.2) is 5.13 Å². The fourth-order valence-corrected chi connectivity index (χ4v) is 5.55. The Morgan fingerprint density at radius 1 is 1.17 bits per heavy atom. The average Bonchev–Trinajstić information content (AvgIpc) is 3.39. The Morgan fingerprint density at radius 2 is 1.97 bits per heavy atom. The summed E-state index contributed by atoms with van der Waals surface area (Å²) in [4.78, 5) is 21.3. The van der Waals surface area contributed by atoms with E-state index < -0.39 is 27.8 Å². The quantitative estimate of drug-likeness (QED) is 0.669. The zero-order valence-electron chi connectivity index (χ0n) is 15.2. The number of carbonyl (C=O) groups excluding carboxylic acids is 1. The van der Waals surface area contributed by atoms with Crippen LogP contribution in [0.2, 0.25) is 0 Å². The molecule has 1 saturated heterocycles. The van der Waals surface area contributed by atoms with E-state index in [1.54, 1.807) is 17.6 Å². The van der Waals surface area contributed by atoms with Gasteiger partial charge >= 0.3 is 0 Å². The maximum absolute atomic E-state index is 13.1. The van der Waals surface area contributed by atoms with Crippen LogP contribution in [0.3, 0.4) is 0 Å². The fraction of sp³-hybridized carbons (Fsp3) is 0.211. The van der Waals surface area contributed by atoms with Gasteiger partial charge in [-0.25, -0.2) is 17.8 Å². The van der Waals surface area contributed by atoms with E-state index in [-0.39, 0.29) is 11.4 Å². The second kappa shape index (κ2) is 7.97. The van der Waals surface area contributed by atoms with E-state index in [1.165, 1.54) is 27.8 Å². The highest BCUT2D eigenvalue weighted by molar-refractivity contribution is 7.89. The van der Waals surface area contributed by atoms with Crippen molar-refractivity contribution < 1.29 is 17.6 Å². The van der Waals surface area contributed by atoms with Crippen LogP contribution in [-0.4, -0.2) is 41.2 Å². The summed E-state index contributed by atoms with van der Waals surface area (Å²) in [6, 6.07) is 9.21. The number of halogens is 1. The zero-order valence-corrected chi connectivity index (χ0v) is 16.8. The molecular weight excluding hydrogens is 415 g/mol. The van der Waals surface area contributed by atoms with Crippen molar-refractivity contribution >= 4 is 32.4 Å². The number of hydrogen-bond donors (Lipinski definition) is 1. The van der Waals surface area contributed by atoms with Crippen LogP contribution in [-0.2, 0) is 14.8 Å². The third-order valence-corrected chi connectivity index (χ3v) is 7.27. The van der Waals surface area contributed by atoms with Crippen LogP contribution in [0, 0.1) is 5.82 Å². The molecule has 4 rings (SSSR count). The number of nitrogens with one attached hydrogen (secondary N) is 1. The molecule has 3 aromatic rings. The van der Waals surface area contributed by atoms with Crippen LogP contribution >= 0.6 is 11.3 Å². The number of sulfonamides is 1. The number of benzene rings is 1. The fourth-order valence-electron chi connectivity index (χ4n) is 3.18. The van der Waals surface area contributed by atoms with Crippen LogP contribution in [0.4, 0.5) is 9.52 Å². The lowest BCUT2D eigenvalue weighted by Crippen LogP contribution is -2.43. The molecule has 0 radical (unpaired) electrons. The highest BCUT2D eigenvalue weighted by atomic mass is 32.2. The second-order valence-corrected chi connectivity index (χ2v) is 9.22. The number of hydrogen-bond acceptors (Lipinski definition) is 6. The maximum atomic E-state index is 13.1. The minimum Gasteiger partial charge on any atom is -0.301 e. The first-order valence-electron chi connectivity index (χ1n) is 8.90. The predicted molar refractivity (Wildman–Crippen MR) is 107 cm³/mol. The lowest BCUT2D eigenvalue weighted by molar-refractivity contribution is -0.119. The molecule has 1 amide bonds. The summed E-state index contributed by atoms with van der Waals surface area (Å²) < 4.78 is 40.1. The highest BCUT2D eigenvalue weighted by Gasteiger charge is 2.39. The molecule has 29 heavy (non-hydrogen) atoms.